The van der Waals surface area contributed by atoms with Crippen LogP contribution in [0.5, 0.6) is 5.75 Å². The van der Waals surface area contributed by atoms with Crippen LogP contribution in [-0.4, -0.2) is 23.4 Å². The Kier molecular flexibility index (Phi) is 8.96. The number of nitrogens with one attached hydrogen (secondary N) is 3. The Morgan fingerprint density at radius 1 is 1.00 bits per heavy atom. The lowest BCUT2D eigenvalue weighted by molar-refractivity contribution is -0.115. The van der Waals surface area contributed by atoms with Crippen molar-refractivity contribution in [3.05, 3.63) is 77.3 Å². The molecule has 0 aliphatic rings. The highest BCUT2D eigenvalue weighted by Crippen LogP contribution is 2.29. The number of rotatable bonds is 8. The number of thioether (sulfide) groups is 1. The Morgan fingerprint density at radius 2 is 1.75 bits per heavy atom. The number of hydrogen-bond donors (Lipinski definition) is 3. The third-order valence-corrected chi connectivity index (χ3v) is 6.59. The van der Waals surface area contributed by atoms with Crippen molar-refractivity contribution >= 4 is 68.0 Å². The van der Waals surface area contributed by atoms with Gasteiger partial charge in [0.15, 0.2) is 5.11 Å². The number of carbonyl (C=O) groups excluding carboxylic acids is 1. The van der Waals surface area contributed by atoms with Crippen molar-refractivity contribution in [3.8, 4) is 5.75 Å². The minimum Gasteiger partial charge on any atom is -0.495 e. The molecule has 0 heterocycles. The summed E-state index contributed by atoms with van der Waals surface area (Å²) >= 11 is 10.4. The monoisotopic (exact) mass is 529 g/mol. The Bertz CT molecular complexity index is 1080. The van der Waals surface area contributed by atoms with Crippen LogP contribution in [0.2, 0.25) is 0 Å². The van der Waals surface area contributed by atoms with Gasteiger partial charge in [0.2, 0.25) is 5.91 Å². The molecule has 32 heavy (non-hydrogen) atoms. The van der Waals surface area contributed by atoms with Crippen molar-refractivity contribution in [3.63, 3.8) is 0 Å². The van der Waals surface area contributed by atoms with Gasteiger partial charge in [-0.3, -0.25) is 4.79 Å². The second-order valence-electron chi connectivity index (χ2n) is 6.82. The Morgan fingerprint density at radius 3 is 2.47 bits per heavy atom. The maximum absolute atomic E-state index is 12.8. The third kappa shape index (κ3) is 6.98. The van der Waals surface area contributed by atoms with Gasteiger partial charge in [0, 0.05) is 20.7 Å². The zero-order valence-corrected chi connectivity index (χ0v) is 20.9. The van der Waals surface area contributed by atoms with E-state index in [1.54, 1.807) is 7.11 Å². The number of ether oxygens (including phenoxy) is 1. The van der Waals surface area contributed by atoms with Gasteiger partial charge < -0.3 is 20.7 Å². The molecule has 0 bridgehead atoms. The van der Waals surface area contributed by atoms with Crippen LogP contribution < -0.4 is 20.7 Å². The van der Waals surface area contributed by atoms with E-state index in [0.717, 1.165) is 26.4 Å². The first-order chi connectivity index (χ1) is 15.5. The van der Waals surface area contributed by atoms with Crippen molar-refractivity contribution in [2.75, 3.05) is 23.1 Å². The molecular formula is C24H24BrN3O2S2. The third-order valence-electron chi connectivity index (χ3n) is 4.50. The molecule has 3 rings (SSSR count). The first kappa shape index (κ1) is 24.1. The Hall–Kier alpha value is -2.55. The number of carbonyl (C=O) groups is 1. The summed E-state index contributed by atoms with van der Waals surface area (Å²) in [6, 6.07) is 23.0. The summed E-state index contributed by atoms with van der Waals surface area (Å²) < 4.78 is 6.32. The van der Waals surface area contributed by atoms with Crippen molar-refractivity contribution in [1.82, 2.24) is 0 Å². The number of para-hydroxylation sites is 2. The van der Waals surface area contributed by atoms with Gasteiger partial charge in [0.05, 0.1) is 18.0 Å². The lowest BCUT2D eigenvalue weighted by Gasteiger charge is -2.16. The van der Waals surface area contributed by atoms with Gasteiger partial charge in [0.1, 0.15) is 5.75 Å². The quantitative estimate of drug-likeness (QED) is 0.221. The van der Waals surface area contributed by atoms with E-state index in [1.807, 2.05) is 79.7 Å². The number of anilines is 3. The van der Waals surface area contributed by atoms with E-state index in [4.69, 9.17) is 17.0 Å². The maximum Gasteiger partial charge on any atom is 0.237 e. The molecule has 0 spiro atoms. The maximum atomic E-state index is 12.8. The van der Waals surface area contributed by atoms with Gasteiger partial charge in [-0.15, -0.1) is 11.8 Å². The second-order valence-corrected chi connectivity index (χ2v) is 9.42. The first-order valence-electron chi connectivity index (χ1n) is 10.0. The number of methoxy groups -OCH3 is 1. The molecule has 8 heteroatoms. The summed E-state index contributed by atoms with van der Waals surface area (Å²) in [4.78, 5) is 13.7. The van der Waals surface area contributed by atoms with Crippen LogP contribution in [0.4, 0.5) is 17.1 Å². The Labute approximate surface area is 206 Å². The summed E-state index contributed by atoms with van der Waals surface area (Å²) in [5, 5.41) is 9.57. The fourth-order valence-corrected chi connectivity index (χ4v) is 4.43. The van der Waals surface area contributed by atoms with Crippen LogP contribution in [0, 0.1) is 0 Å². The van der Waals surface area contributed by atoms with Gasteiger partial charge in [-0.2, -0.15) is 0 Å². The number of thiocarbonyl (C=S) groups is 1. The highest BCUT2D eigenvalue weighted by Gasteiger charge is 2.18. The highest BCUT2D eigenvalue weighted by molar-refractivity contribution is 9.10. The van der Waals surface area contributed by atoms with Crippen molar-refractivity contribution in [2.45, 2.75) is 23.5 Å². The average Bonchev–Trinajstić information content (AvgIpc) is 2.79. The number of benzene rings is 3. The molecule has 1 unspecified atom stereocenters. The summed E-state index contributed by atoms with van der Waals surface area (Å²) in [5.41, 5.74) is 2.40. The van der Waals surface area contributed by atoms with Gasteiger partial charge in [-0.05, 0) is 73.2 Å². The van der Waals surface area contributed by atoms with Crippen LogP contribution in [0.3, 0.4) is 0 Å². The van der Waals surface area contributed by atoms with E-state index in [1.165, 1.54) is 11.8 Å². The minimum absolute atomic E-state index is 0.0217. The zero-order chi connectivity index (χ0) is 22.9. The molecule has 0 aliphatic heterocycles. The van der Waals surface area contributed by atoms with Crippen molar-refractivity contribution < 1.29 is 9.53 Å². The summed E-state index contributed by atoms with van der Waals surface area (Å²) in [7, 11) is 1.62. The van der Waals surface area contributed by atoms with Gasteiger partial charge in [0.25, 0.3) is 0 Å². The summed E-state index contributed by atoms with van der Waals surface area (Å²) in [6.45, 7) is 2.01. The molecule has 0 fully saturated rings. The molecule has 3 N–H and O–H groups in total. The number of hydrogen-bond acceptors (Lipinski definition) is 4. The van der Waals surface area contributed by atoms with E-state index in [2.05, 4.69) is 31.9 Å². The lowest BCUT2D eigenvalue weighted by Crippen LogP contribution is -2.24. The van der Waals surface area contributed by atoms with Crippen LogP contribution in [0.15, 0.2) is 82.2 Å². The Balaban J connectivity index is 1.62. The van der Waals surface area contributed by atoms with Crippen molar-refractivity contribution in [2.24, 2.45) is 0 Å². The fraction of sp³-hybridized carbons (Fsp3) is 0.167. The van der Waals surface area contributed by atoms with E-state index in [9.17, 15) is 4.79 Å². The van der Waals surface area contributed by atoms with Gasteiger partial charge >= 0.3 is 0 Å². The molecule has 0 saturated carbocycles. The molecule has 0 aromatic heterocycles. The topological polar surface area (TPSA) is 62.4 Å². The molecule has 0 saturated heterocycles. The van der Waals surface area contributed by atoms with Crippen LogP contribution in [0.25, 0.3) is 0 Å². The van der Waals surface area contributed by atoms with Crippen LogP contribution >= 0.6 is 39.9 Å². The highest BCUT2D eigenvalue weighted by atomic mass is 79.9. The standard InChI is InChI=1S/C24H24BrN3O2S2/c1-3-22(23(29)26-17-13-11-16(25)12-14-17)32-19-8-6-7-18(15-19)27-24(31)28-20-9-4-5-10-21(20)30-2/h4-15,22H,3H2,1-2H3,(H,26,29)(H2,27,28,31). The second kappa shape index (κ2) is 11.9. The predicted octanol–water partition coefficient (Wildman–Crippen LogP) is 6.78. The number of halogens is 1. The number of amides is 1. The summed E-state index contributed by atoms with van der Waals surface area (Å²) in [6.07, 6.45) is 0.707. The van der Waals surface area contributed by atoms with Crippen LogP contribution in [-0.2, 0) is 4.79 Å². The molecule has 3 aromatic carbocycles. The summed E-state index contributed by atoms with van der Waals surface area (Å²) in [5.74, 6) is 0.690. The predicted molar refractivity (Wildman–Crippen MR) is 142 cm³/mol. The van der Waals surface area contributed by atoms with E-state index in [-0.39, 0.29) is 11.2 Å². The first-order valence-corrected chi connectivity index (χ1v) is 12.1. The van der Waals surface area contributed by atoms with E-state index < -0.39 is 0 Å². The molecule has 166 valence electrons. The molecule has 1 amide bonds. The fourth-order valence-electron chi connectivity index (χ4n) is 2.92. The normalized spacial score (nSPS) is 11.3. The molecule has 3 aromatic rings. The minimum atomic E-state index is -0.215. The van der Waals surface area contributed by atoms with Gasteiger partial charge in [-0.25, -0.2) is 0 Å². The SMILES string of the molecule is CCC(Sc1cccc(NC(=S)Nc2ccccc2OC)c1)C(=O)Nc1ccc(Br)cc1. The van der Waals surface area contributed by atoms with Crippen LogP contribution in [0.1, 0.15) is 13.3 Å². The zero-order valence-electron chi connectivity index (χ0n) is 17.7. The van der Waals surface area contributed by atoms with E-state index in [0.29, 0.717) is 17.3 Å². The molecular weight excluding hydrogens is 506 g/mol. The molecule has 0 radical (unpaired) electrons. The largest absolute Gasteiger partial charge is 0.495 e. The molecule has 5 nitrogen and oxygen atoms in total. The van der Waals surface area contributed by atoms with Gasteiger partial charge in [-0.1, -0.05) is 41.1 Å². The molecule has 1 atom stereocenters. The average molecular weight is 531 g/mol. The smallest absolute Gasteiger partial charge is 0.237 e. The van der Waals surface area contributed by atoms with E-state index >= 15 is 0 Å². The lowest BCUT2D eigenvalue weighted by atomic mass is 10.3. The molecule has 0 aliphatic carbocycles. The van der Waals surface area contributed by atoms with Crippen molar-refractivity contribution in [1.29, 1.82) is 0 Å².